The molecule has 1 aromatic carbocycles. The van der Waals surface area contributed by atoms with E-state index in [9.17, 15) is 4.79 Å². The van der Waals surface area contributed by atoms with Crippen LogP contribution in [0.3, 0.4) is 0 Å². The highest BCUT2D eigenvalue weighted by Gasteiger charge is 2.27. The number of hydrogen-bond donors (Lipinski definition) is 2. The molecule has 2 heterocycles. The van der Waals surface area contributed by atoms with Crippen LogP contribution in [0.25, 0.3) is 0 Å². The second-order valence-corrected chi connectivity index (χ2v) is 5.37. The summed E-state index contributed by atoms with van der Waals surface area (Å²) in [5.74, 6) is -0.0890. The quantitative estimate of drug-likeness (QED) is 0.906. The van der Waals surface area contributed by atoms with Crippen molar-refractivity contribution in [3.63, 3.8) is 0 Å². The first kappa shape index (κ1) is 13.8. The normalized spacial score (nSPS) is 18.6. The molecule has 0 fully saturated rings. The van der Waals surface area contributed by atoms with E-state index in [1.165, 1.54) is 5.56 Å². The van der Waals surface area contributed by atoms with E-state index < -0.39 is 0 Å². The molecule has 0 aliphatic carbocycles. The van der Waals surface area contributed by atoms with Crippen molar-refractivity contribution < 1.29 is 4.79 Å². The highest BCUT2D eigenvalue weighted by molar-refractivity contribution is 5.85. The Bertz CT molecular complexity index is 627. The van der Waals surface area contributed by atoms with Gasteiger partial charge in [0.2, 0.25) is 5.91 Å². The standard InChI is InChI=1S/C17H19N3O/c1-12(16-8-4-5-9-19-16)20-17(21)15-11-18-10-13-6-2-3-7-14(13)15/h2-9,12,15,18H,10-11H2,1H3,(H,20,21)/t12-,15?/m0/s1. The minimum Gasteiger partial charge on any atom is -0.347 e. The number of hydrogen-bond acceptors (Lipinski definition) is 3. The van der Waals surface area contributed by atoms with Gasteiger partial charge < -0.3 is 10.6 Å². The van der Waals surface area contributed by atoms with Crippen molar-refractivity contribution in [2.45, 2.75) is 25.4 Å². The van der Waals surface area contributed by atoms with E-state index in [-0.39, 0.29) is 17.9 Å². The molecule has 21 heavy (non-hydrogen) atoms. The van der Waals surface area contributed by atoms with Gasteiger partial charge in [0.25, 0.3) is 0 Å². The largest absolute Gasteiger partial charge is 0.347 e. The third-order valence-corrected chi connectivity index (χ3v) is 3.90. The number of nitrogens with one attached hydrogen (secondary N) is 2. The number of amides is 1. The number of carbonyl (C=O) groups excluding carboxylic acids is 1. The Morgan fingerprint density at radius 3 is 2.90 bits per heavy atom. The SMILES string of the molecule is C[C@H](NC(=O)C1CNCc2ccccc21)c1ccccn1. The van der Waals surface area contributed by atoms with E-state index in [4.69, 9.17) is 0 Å². The first-order valence-corrected chi connectivity index (χ1v) is 7.25. The summed E-state index contributed by atoms with van der Waals surface area (Å²) in [6.07, 6.45) is 1.75. The number of nitrogens with zero attached hydrogens (tertiary/aromatic N) is 1. The third kappa shape index (κ3) is 2.95. The lowest BCUT2D eigenvalue weighted by molar-refractivity contribution is -0.123. The van der Waals surface area contributed by atoms with Crippen molar-refractivity contribution in [2.24, 2.45) is 0 Å². The predicted molar refractivity (Wildman–Crippen MR) is 81.7 cm³/mol. The van der Waals surface area contributed by atoms with Gasteiger partial charge in [-0.05, 0) is 30.2 Å². The molecule has 2 atom stereocenters. The third-order valence-electron chi connectivity index (χ3n) is 3.90. The number of pyridine rings is 1. The maximum atomic E-state index is 12.6. The van der Waals surface area contributed by atoms with Crippen molar-refractivity contribution >= 4 is 5.91 Å². The van der Waals surface area contributed by atoms with Gasteiger partial charge in [-0.3, -0.25) is 9.78 Å². The van der Waals surface area contributed by atoms with Gasteiger partial charge in [0, 0.05) is 19.3 Å². The minimum absolute atomic E-state index is 0.0489. The van der Waals surface area contributed by atoms with Crippen LogP contribution in [0, 0.1) is 0 Å². The molecule has 1 amide bonds. The zero-order valence-electron chi connectivity index (χ0n) is 12.0. The van der Waals surface area contributed by atoms with E-state index >= 15 is 0 Å². The Morgan fingerprint density at radius 2 is 2.10 bits per heavy atom. The average molecular weight is 281 g/mol. The fourth-order valence-corrected chi connectivity index (χ4v) is 2.75. The molecule has 0 saturated carbocycles. The maximum absolute atomic E-state index is 12.6. The van der Waals surface area contributed by atoms with Crippen molar-refractivity contribution in [1.82, 2.24) is 15.6 Å². The van der Waals surface area contributed by atoms with E-state index in [0.29, 0.717) is 6.54 Å². The van der Waals surface area contributed by atoms with Crippen LogP contribution in [0.2, 0.25) is 0 Å². The van der Waals surface area contributed by atoms with Gasteiger partial charge in [-0.25, -0.2) is 0 Å². The monoisotopic (exact) mass is 281 g/mol. The summed E-state index contributed by atoms with van der Waals surface area (Å²) in [5, 5.41) is 6.37. The molecule has 0 saturated heterocycles. The van der Waals surface area contributed by atoms with Crippen LogP contribution in [-0.4, -0.2) is 17.4 Å². The van der Waals surface area contributed by atoms with Crippen LogP contribution in [0.1, 0.15) is 35.7 Å². The maximum Gasteiger partial charge on any atom is 0.229 e. The molecule has 4 nitrogen and oxygen atoms in total. The van der Waals surface area contributed by atoms with Gasteiger partial charge in [-0.1, -0.05) is 30.3 Å². The summed E-state index contributed by atoms with van der Waals surface area (Å²) in [4.78, 5) is 16.9. The zero-order chi connectivity index (χ0) is 14.7. The minimum atomic E-state index is -0.138. The van der Waals surface area contributed by atoms with Gasteiger partial charge in [0.1, 0.15) is 0 Å². The molecule has 1 aliphatic rings. The van der Waals surface area contributed by atoms with Crippen LogP contribution < -0.4 is 10.6 Å². The predicted octanol–water partition coefficient (Wildman–Crippen LogP) is 2.15. The van der Waals surface area contributed by atoms with E-state index in [1.807, 2.05) is 43.3 Å². The molecule has 0 radical (unpaired) electrons. The van der Waals surface area contributed by atoms with Crippen LogP contribution in [0.15, 0.2) is 48.7 Å². The molecule has 1 aliphatic heterocycles. The van der Waals surface area contributed by atoms with Crippen LogP contribution in [0.5, 0.6) is 0 Å². The first-order valence-electron chi connectivity index (χ1n) is 7.25. The fourth-order valence-electron chi connectivity index (χ4n) is 2.75. The van der Waals surface area contributed by atoms with Crippen molar-refractivity contribution in [3.05, 3.63) is 65.5 Å². The summed E-state index contributed by atoms with van der Waals surface area (Å²) >= 11 is 0. The molecule has 0 spiro atoms. The Labute approximate surface area is 124 Å². The molecular formula is C17H19N3O. The van der Waals surface area contributed by atoms with Crippen molar-refractivity contribution in [2.75, 3.05) is 6.54 Å². The molecule has 3 rings (SSSR count). The molecule has 1 aromatic heterocycles. The number of fused-ring (bicyclic) bond motifs is 1. The van der Waals surface area contributed by atoms with Gasteiger partial charge in [0.15, 0.2) is 0 Å². The van der Waals surface area contributed by atoms with Crippen molar-refractivity contribution in [3.8, 4) is 0 Å². The van der Waals surface area contributed by atoms with E-state index in [0.717, 1.165) is 17.8 Å². The van der Waals surface area contributed by atoms with Crippen LogP contribution in [-0.2, 0) is 11.3 Å². The number of benzene rings is 1. The summed E-state index contributed by atoms with van der Waals surface area (Å²) < 4.78 is 0. The Morgan fingerprint density at radius 1 is 1.29 bits per heavy atom. The molecule has 108 valence electrons. The lowest BCUT2D eigenvalue weighted by Crippen LogP contribution is -2.39. The molecule has 4 heteroatoms. The molecular weight excluding hydrogens is 262 g/mol. The highest BCUT2D eigenvalue weighted by atomic mass is 16.2. The molecule has 1 unspecified atom stereocenters. The Balaban J connectivity index is 1.75. The topological polar surface area (TPSA) is 54.0 Å². The number of rotatable bonds is 3. The summed E-state index contributed by atoms with van der Waals surface area (Å²) in [6.45, 7) is 3.47. The van der Waals surface area contributed by atoms with Crippen LogP contribution in [0.4, 0.5) is 0 Å². The fraction of sp³-hybridized carbons (Fsp3) is 0.294. The van der Waals surface area contributed by atoms with Gasteiger partial charge in [-0.2, -0.15) is 0 Å². The average Bonchev–Trinajstić information content (AvgIpc) is 2.55. The van der Waals surface area contributed by atoms with Gasteiger partial charge in [-0.15, -0.1) is 0 Å². The lowest BCUT2D eigenvalue weighted by atomic mass is 9.90. The first-order chi connectivity index (χ1) is 10.3. The summed E-state index contributed by atoms with van der Waals surface area (Å²) in [5.41, 5.74) is 3.21. The van der Waals surface area contributed by atoms with Crippen molar-refractivity contribution in [1.29, 1.82) is 0 Å². The number of aromatic nitrogens is 1. The van der Waals surface area contributed by atoms with Gasteiger partial charge >= 0.3 is 0 Å². The lowest BCUT2D eigenvalue weighted by Gasteiger charge is -2.26. The van der Waals surface area contributed by atoms with E-state index in [2.05, 4.69) is 21.7 Å². The zero-order valence-corrected chi connectivity index (χ0v) is 12.0. The number of carbonyl (C=O) groups is 1. The summed E-state index contributed by atoms with van der Waals surface area (Å²) in [6, 6.07) is 13.8. The van der Waals surface area contributed by atoms with E-state index in [1.54, 1.807) is 6.20 Å². The Kier molecular flexibility index (Phi) is 3.97. The van der Waals surface area contributed by atoms with Crippen LogP contribution >= 0.6 is 0 Å². The highest BCUT2D eigenvalue weighted by Crippen LogP contribution is 2.24. The summed E-state index contributed by atoms with van der Waals surface area (Å²) in [7, 11) is 0. The molecule has 2 aromatic rings. The second kappa shape index (κ2) is 6.06. The second-order valence-electron chi connectivity index (χ2n) is 5.37. The van der Waals surface area contributed by atoms with Gasteiger partial charge in [0.05, 0.1) is 17.7 Å². The molecule has 2 N–H and O–H groups in total. The smallest absolute Gasteiger partial charge is 0.229 e. The molecule has 0 bridgehead atoms. The Hall–Kier alpha value is -2.20.